The minimum Gasteiger partial charge on any atom is -0.330 e. The van der Waals surface area contributed by atoms with Crippen molar-refractivity contribution < 1.29 is 0 Å². The van der Waals surface area contributed by atoms with E-state index >= 15 is 0 Å². The molecule has 0 bridgehead atoms. The molecule has 106 valence electrons. The number of aryl methyl sites for hydroxylation is 1. The summed E-state index contributed by atoms with van der Waals surface area (Å²) in [6.07, 6.45) is 1.81. The molecule has 1 unspecified atom stereocenters. The normalized spacial score (nSPS) is 12.4. The molecule has 3 heteroatoms. The standard InChI is InChI=1S/C17H19Cl2N/c1-2-12-6-8-13(9-7-12)14(11-20)10-15-16(18)4-3-5-17(15)19/h3-9,14H,2,10-11,20H2,1H3. The van der Waals surface area contributed by atoms with E-state index in [0.29, 0.717) is 16.6 Å². The van der Waals surface area contributed by atoms with Gasteiger partial charge in [0.15, 0.2) is 0 Å². The maximum absolute atomic E-state index is 6.24. The zero-order valence-corrected chi connectivity index (χ0v) is 13.1. The lowest BCUT2D eigenvalue weighted by molar-refractivity contribution is 0.694. The number of halogens is 2. The summed E-state index contributed by atoms with van der Waals surface area (Å²) in [6.45, 7) is 2.73. The Hall–Kier alpha value is -1.02. The minimum absolute atomic E-state index is 0.235. The second kappa shape index (κ2) is 7.12. The number of benzene rings is 2. The van der Waals surface area contributed by atoms with Gasteiger partial charge in [-0.3, -0.25) is 0 Å². The Morgan fingerprint density at radius 3 is 2.10 bits per heavy atom. The monoisotopic (exact) mass is 307 g/mol. The summed E-state index contributed by atoms with van der Waals surface area (Å²) < 4.78 is 0. The van der Waals surface area contributed by atoms with Gasteiger partial charge in [0.2, 0.25) is 0 Å². The summed E-state index contributed by atoms with van der Waals surface area (Å²) >= 11 is 12.5. The summed E-state index contributed by atoms with van der Waals surface area (Å²) in [5, 5.41) is 1.42. The molecule has 2 aromatic rings. The first-order chi connectivity index (χ1) is 9.65. The summed E-state index contributed by atoms with van der Waals surface area (Å²) in [4.78, 5) is 0. The Balaban J connectivity index is 2.24. The van der Waals surface area contributed by atoms with Gasteiger partial charge >= 0.3 is 0 Å². The van der Waals surface area contributed by atoms with Crippen LogP contribution in [0, 0.1) is 0 Å². The Morgan fingerprint density at radius 2 is 1.60 bits per heavy atom. The fourth-order valence-corrected chi connectivity index (χ4v) is 2.89. The average molecular weight is 308 g/mol. The SMILES string of the molecule is CCc1ccc(C(CN)Cc2c(Cl)cccc2Cl)cc1. The molecule has 2 rings (SSSR count). The van der Waals surface area contributed by atoms with Gasteiger partial charge in [-0.2, -0.15) is 0 Å². The van der Waals surface area contributed by atoms with E-state index in [1.165, 1.54) is 11.1 Å². The van der Waals surface area contributed by atoms with Gasteiger partial charge in [-0.15, -0.1) is 0 Å². The van der Waals surface area contributed by atoms with Crippen LogP contribution in [0.3, 0.4) is 0 Å². The van der Waals surface area contributed by atoms with Crippen molar-refractivity contribution in [3.05, 3.63) is 69.2 Å². The van der Waals surface area contributed by atoms with Crippen LogP contribution in [-0.2, 0) is 12.8 Å². The summed E-state index contributed by atoms with van der Waals surface area (Å²) in [7, 11) is 0. The lowest BCUT2D eigenvalue weighted by atomic mass is 9.91. The van der Waals surface area contributed by atoms with Crippen LogP contribution in [0.2, 0.25) is 10.0 Å². The second-order valence-corrected chi connectivity index (χ2v) is 5.75. The molecule has 0 amide bonds. The maximum Gasteiger partial charge on any atom is 0.0453 e. The molecule has 0 spiro atoms. The van der Waals surface area contributed by atoms with Crippen LogP contribution in [0.5, 0.6) is 0 Å². The van der Waals surface area contributed by atoms with Gasteiger partial charge in [0, 0.05) is 16.0 Å². The molecular weight excluding hydrogens is 289 g/mol. The number of hydrogen-bond acceptors (Lipinski definition) is 1. The highest BCUT2D eigenvalue weighted by molar-refractivity contribution is 6.36. The Bertz CT molecular complexity index is 543. The number of hydrogen-bond donors (Lipinski definition) is 1. The number of nitrogens with two attached hydrogens (primary N) is 1. The lowest BCUT2D eigenvalue weighted by Crippen LogP contribution is -2.15. The predicted octanol–water partition coefficient (Wildman–Crippen LogP) is 4.84. The minimum atomic E-state index is 0.235. The van der Waals surface area contributed by atoms with Gasteiger partial charge in [-0.25, -0.2) is 0 Å². The van der Waals surface area contributed by atoms with Crippen molar-refractivity contribution in [1.29, 1.82) is 0 Å². The fraction of sp³-hybridized carbons (Fsp3) is 0.294. The van der Waals surface area contributed by atoms with Crippen molar-refractivity contribution >= 4 is 23.2 Å². The van der Waals surface area contributed by atoms with Gasteiger partial charge in [0.1, 0.15) is 0 Å². The largest absolute Gasteiger partial charge is 0.330 e. The van der Waals surface area contributed by atoms with Crippen molar-refractivity contribution in [1.82, 2.24) is 0 Å². The van der Waals surface area contributed by atoms with Gasteiger partial charge in [-0.1, -0.05) is 60.5 Å². The van der Waals surface area contributed by atoms with Crippen molar-refractivity contribution in [3.63, 3.8) is 0 Å². The molecule has 2 N–H and O–H groups in total. The highest BCUT2D eigenvalue weighted by Gasteiger charge is 2.14. The molecule has 0 aromatic heterocycles. The van der Waals surface area contributed by atoms with Crippen LogP contribution in [-0.4, -0.2) is 6.54 Å². The smallest absolute Gasteiger partial charge is 0.0453 e. The third-order valence-electron chi connectivity index (χ3n) is 3.66. The van der Waals surface area contributed by atoms with E-state index in [0.717, 1.165) is 18.4 Å². The summed E-state index contributed by atoms with van der Waals surface area (Å²) in [5.74, 6) is 0.235. The van der Waals surface area contributed by atoms with Crippen molar-refractivity contribution in [2.24, 2.45) is 5.73 Å². The predicted molar refractivity (Wildman–Crippen MR) is 87.8 cm³/mol. The van der Waals surface area contributed by atoms with Gasteiger partial charge < -0.3 is 5.73 Å². The first-order valence-electron chi connectivity index (χ1n) is 6.87. The molecular formula is C17H19Cl2N. The van der Waals surface area contributed by atoms with E-state index in [-0.39, 0.29) is 5.92 Å². The first-order valence-corrected chi connectivity index (χ1v) is 7.63. The quantitative estimate of drug-likeness (QED) is 0.840. The molecule has 0 fully saturated rings. The van der Waals surface area contributed by atoms with Crippen LogP contribution in [0.15, 0.2) is 42.5 Å². The summed E-state index contributed by atoms with van der Waals surface area (Å²) in [5.41, 5.74) is 9.49. The first kappa shape index (κ1) is 15.4. The van der Waals surface area contributed by atoms with E-state index in [1.807, 2.05) is 18.2 Å². The third kappa shape index (κ3) is 3.54. The molecule has 20 heavy (non-hydrogen) atoms. The van der Waals surface area contributed by atoms with E-state index < -0.39 is 0 Å². The van der Waals surface area contributed by atoms with E-state index in [1.54, 1.807) is 0 Å². The van der Waals surface area contributed by atoms with Crippen molar-refractivity contribution in [2.45, 2.75) is 25.7 Å². The Kier molecular flexibility index (Phi) is 5.47. The van der Waals surface area contributed by atoms with E-state index in [2.05, 4.69) is 31.2 Å². The van der Waals surface area contributed by atoms with Gasteiger partial charge in [-0.05, 0) is 48.2 Å². The average Bonchev–Trinajstić information content (AvgIpc) is 2.47. The topological polar surface area (TPSA) is 26.0 Å². The van der Waals surface area contributed by atoms with Gasteiger partial charge in [0.25, 0.3) is 0 Å². The van der Waals surface area contributed by atoms with Crippen molar-refractivity contribution in [3.8, 4) is 0 Å². The molecule has 0 radical (unpaired) electrons. The highest BCUT2D eigenvalue weighted by atomic mass is 35.5. The van der Waals surface area contributed by atoms with Crippen LogP contribution in [0.25, 0.3) is 0 Å². The number of rotatable bonds is 5. The molecule has 2 aromatic carbocycles. The molecule has 0 aliphatic heterocycles. The molecule has 0 aliphatic rings. The fourth-order valence-electron chi connectivity index (χ4n) is 2.34. The van der Waals surface area contributed by atoms with Crippen LogP contribution >= 0.6 is 23.2 Å². The molecule has 0 aliphatic carbocycles. The van der Waals surface area contributed by atoms with Crippen molar-refractivity contribution in [2.75, 3.05) is 6.54 Å². The van der Waals surface area contributed by atoms with Crippen LogP contribution in [0.1, 0.15) is 29.5 Å². The molecule has 1 atom stereocenters. The highest BCUT2D eigenvalue weighted by Crippen LogP contribution is 2.30. The molecule has 0 saturated heterocycles. The zero-order chi connectivity index (χ0) is 14.5. The maximum atomic E-state index is 6.24. The van der Waals surface area contributed by atoms with Crippen LogP contribution < -0.4 is 5.73 Å². The van der Waals surface area contributed by atoms with E-state index in [9.17, 15) is 0 Å². The summed E-state index contributed by atoms with van der Waals surface area (Å²) in [6, 6.07) is 14.2. The zero-order valence-electron chi connectivity index (χ0n) is 11.6. The molecule has 0 saturated carbocycles. The second-order valence-electron chi connectivity index (χ2n) is 4.93. The third-order valence-corrected chi connectivity index (χ3v) is 4.36. The Morgan fingerprint density at radius 1 is 1.00 bits per heavy atom. The van der Waals surface area contributed by atoms with Crippen LogP contribution in [0.4, 0.5) is 0 Å². The molecule has 1 nitrogen and oxygen atoms in total. The molecule has 0 heterocycles. The van der Waals surface area contributed by atoms with E-state index in [4.69, 9.17) is 28.9 Å². The lowest BCUT2D eigenvalue weighted by Gasteiger charge is -2.17. The Labute approximate surface area is 130 Å². The van der Waals surface area contributed by atoms with Gasteiger partial charge in [0.05, 0.1) is 0 Å².